The lowest BCUT2D eigenvalue weighted by Gasteiger charge is -2.50. The second kappa shape index (κ2) is 6.50. The van der Waals surface area contributed by atoms with E-state index in [1.54, 1.807) is 0 Å². The van der Waals surface area contributed by atoms with Gasteiger partial charge in [-0.05, 0) is 32.3 Å². The van der Waals surface area contributed by atoms with Gasteiger partial charge in [0.25, 0.3) is 0 Å². The molecule has 1 saturated carbocycles. The van der Waals surface area contributed by atoms with Gasteiger partial charge in [-0.25, -0.2) is 0 Å². The molecule has 1 aromatic rings. The van der Waals surface area contributed by atoms with E-state index in [9.17, 15) is 0 Å². The van der Waals surface area contributed by atoms with Crippen LogP contribution in [0.3, 0.4) is 0 Å². The smallest absolute Gasteiger partial charge is 0.0237 e. The van der Waals surface area contributed by atoms with Crippen LogP contribution in [-0.4, -0.2) is 41.0 Å². The van der Waals surface area contributed by atoms with Gasteiger partial charge in [-0.1, -0.05) is 49.6 Å². The molecule has 0 unspecified atom stereocenters. The monoisotopic (exact) mass is 286 g/mol. The fourth-order valence-corrected chi connectivity index (χ4v) is 4.17. The second-order valence-corrected chi connectivity index (χ2v) is 7.31. The standard InChI is InChI=1S/C19H30N2/c1-17-15-21(19(2)11-7-4-8-12-19)14-13-20(17)16-18-9-5-3-6-10-18/h3,5-6,9-10,17H,4,7-8,11-16H2,1-2H3/t17-/m0/s1. The van der Waals surface area contributed by atoms with Crippen molar-refractivity contribution in [2.45, 2.75) is 64.1 Å². The van der Waals surface area contributed by atoms with Crippen molar-refractivity contribution >= 4 is 0 Å². The molecule has 2 fully saturated rings. The molecule has 0 spiro atoms. The summed E-state index contributed by atoms with van der Waals surface area (Å²) in [6, 6.07) is 11.6. The lowest BCUT2D eigenvalue weighted by molar-refractivity contribution is -0.00813. The first-order valence-corrected chi connectivity index (χ1v) is 8.70. The molecule has 2 aliphatic rings. The first-order valence-electron chi connectivity index (χ1n) is 8.70. The summed E-state index contributed by atoms with van der Waals surface area (Å²) in [5, 5.41) is 0. The normalized spacial score (nSPS) is 27.6. The Labute approximate surface area is 130 Å². The predicted molar refractivity (Wildman–Crippen MR) is 89.4 cm³/mol. The van der Waals surface area contributed by atoms with Crippen molar-refractivity contribution in [3.8, 4) is 0 Å². The van der Waals surface area contributed by atoms with Crippen LogP contribution >= 0.6 is 0 Å². The summed E-state index contributed by atoms with van der Waals surface area (Å²) in [4.78, 5) is 5.44. The summed E-state index contributed by atoms with van der Waals surface area (Å²) in [5.74, 6) is 0. The van der Waals surface area contributed by atoms with Gasteiger partial charge in [0.2, 0.25) is 0 Å². The molecule has 1 atom stereocenters. The van der Waals surface area contributed by atoms with Crippen molar-refractivity contribution in [3.05, 3.63) is 35.9 Å². The minimum atomic E-state index is 0.478. The number of benzene rings is 1. The van der Waals surface area contributed by atoms with Crippen molar-refractivity contribution in [2.75, 3.05) is 19.6 Å². The van der Waals surface area contributed by atoms with E-state index in [0.29, 0.717) is 11.6 Å². The Hall–Kier alpha value is -0.860. The fourth-order valence-electron chi connectivity index (χ4n) is 4.17. The van der Waals surface area contributed by atoms with Gasteiger partial charge in [0.15, 0.2) is 0 Å². The Morgan fingerprint density at radius 2 is 1.76 bits per heavy atom. The maximum atomic E-state index is 2.79. The van der Waals surface area contributed by atoms with Crippen LogP contribution in [0.25, 0.3) is 0 Å². The van der Waals surface area contributed by atoms with E-state index in [-0.39, 0.29) is 0 Å². The van der Waals surface area contributed by atoms with E-state index >= 15 is 0 Å². The summed E-state index contributed by atoms with van der Waals surface area (Å²) in [5.41, 5.74) is 1.92. The molecule has 1 aliphatic carbocycles. The molecule has 1 heterocycles. The summed E-state index contributed by atoms with van der Waals surface area (Å²) < 4.78 is 0. The van der Waals surface area contributed by atoms with Crippen LogP contribution < -0.4 is 0 Å². The maximum absolute atomic E-state index is 2.79. The molecule has 2 nitrogen and oxygen atoms in total. The van der Waals surface area contributed by atoms with E-state index in [2.05, 4.69) is 54.0 Å². The van der Waals surface area contributed by atoms with Crippen LogP contribution in [0, 0.1) is 0 Å². The van der Waals surface area contributed by atoms with E-state index in [1.165, 1.54) is 57.3 Å². The first kappa shape index (κ1) is 15.1. The van der Waals surface area contributed by atoms with E-state index in [0.717, 1.165) is 6.54 Å². The summed E-state index contributed by atoms with van der Waals surface area (Å²) >= 11 is 0. The maximum Gasteiger partial charge on any atom is 0.0237 e. The number of piperazine rings is 1. The lowest BCUT2D eigenvalue weighted by atomic mass is 9.81. The third-order valence-corrected chi connectivity index (χ3v) is 5.69. The van der Waals surface area contributed by atoms with Crippen LogP contribution in [0.4, 0.5) is 0 Å². The summed E-state index contributed by atoms with van der Waals surface area (Å²) in [7, 11) is 0. The van der Waals surface area contributed by atoms with Gasteiger partial charge in [-0.3, -0.25) is 9.80 Å². The highest BCUT2D eigenvalue weighted by Gasteiger charge is 2.36. The molecular formula is C19H30N2. The number of rotatable bonds is 3. The Morgan fingerprint density at radius 1 is 1.05 bits per heavy atom. The summed E-state index contributed by atoms with van der Waals surface area (Å²) in [6.45, 7) is 9.71. The Kier molecular flexibility index (Phi) is 4.66. The van der Waals surface area contributed by atoms with Gasteiger partial charge in [0.1, 0.15) is 0 Å². The van der Waals surface area contributed by atoms with Crippen molar-refractivity contribution in [2.24, 2.45) is 0 Å². The average molecular weight is 286 g/mol. The zero-order chi connectivity index (χ0) is 14.7. The molecule has 1 aromatic carbocycles. The SMILES string of the molecule is C[C@H]1CN(C2(C)CCCCC2)CCN1Cc1ccccc1. The molecule has 116 valence electrons. The molecule has 0 radical (unpaired) electrons. The number of hydrogen-bond acceptors (Lipinski definition) is 2. The van der Waals surface area contributed by atoms with Crippen molar-refractivity contribution < 1.29 is 0 Å². The van der Waals surface area contributed by atoms with Crippen LogP contribution in [0.15, 0.2) is 30.3 Å². The van der Waals surface area contributed by atoms with Gasteiger partial charge in [0, 0.05) is 37.8 Å². The van der Waals surface area contributed by atoms with Crippen LogP contribution in [0.1, 0.15) is 51.5 Å². The van der Waals surface area contributed by atoms with E-state index < -0.39 is 0 Å². The summed E-state index contributed by atoms with van der Waals surface area (Å²) in [6.07, 6.45) is 7.10. The Balaban J connectivity index is 1.59. The zero-order valence-electron chi connectivity index (χ0n) is 13.7. The Bertz CT molecular complexity index is 436. The molecule has 1 aliphatic heterocycles. The van der Waals surface area contributed by atoms with Gasteiger partial charge in [-0.2, -0.15) is 0 Å². The topological polar surface area (TPSA) is 6.48 Å². The van der Waals surface area contributed by atoms with Gasteiger partial charge in [0.05, 0.1) is 0 Å². The Morgan fingerprint density at radius 3 is 2.43 bits per heavy atom. The lowest BCUT2D eigenvalue weighted by Crippen LogP contribution is -2.59. The highest BCUT2D eigenvalue weighted by atomic mass is 15.3. The first-order chi connectivity index (χ1) is 10.2. The van der Waals surface area contributed by atoms with Crippen molar-refractivity contribution in [1.82, 2.24) is 9.80 Å². The van der Waals surface area contributed by atoms with E-state index in [4.69, 9.17) is 0 Å². The highest BCUT2D eigenvalue weighted by Crippen LogP contribution is 2.34. The van der Waals surface area contributed by atoms with Crippen molar-refractivity contribution in [1.29, 1.82) is 0 Å². The number of nitrogens with zero attached hydrogens (tertiary/aromatic N) is 2. The van der Waals surface area contributed by atoms with Crippen LogP contribution in [0.2, 0.25) is 0 Å². The van der Waals surface area contributed by atoms with Gasteiger partial charge >= 0.3 is 0 Å². The van der Waals surface area contributed by atoms with Crippen LogP contribution in [0.5, 0.6) is 0 Å². The molecule has 1 saturated heterocycles. The average Bonchev–Trinajstić information content (AvgIpc) is 2.51. The molecule has 0 N–H and O–H groups in total. The molecule has 3 rings (SSSR count). The van der Waals surface area contributed by atoms with Crippen molar-refractivity contribution in [3.63, 3.8) is 0 Å². The number of hydrogen-bond donors (Lipinski definition) is 0. The second-order valence-electron chi connectivity index (χ2n) is 7.31. The third-order valence-electron chi connectivity index (χ3n) is 5.69. The minimum absolute atomic E-state index is 0.478. The molecule has 0 aromatic heterocycles. The van der Waals surface area contributed by atoms with E-state index in [1.807, 2.05) is 0 Å². The minimum Gasteiger partial charge on any atom is -0.295 e. The van der Waals surface area contributed by atoms with Gasteiger partial charge < -0.3 is 0 Å². The predicted octanol–water partition coefficient (Wildman–Crippen LogP) is 3.92. The zero-order valence-corrected chi connectivity index (χ0v) is 13.7. The molecular weight excluding hydrogens is 256 g/mol. The fraction of sp³-hybridized carbons (Fsp3) is 0.684. The molecule has 0 amide bonds. The quantitative estimate of drug-likeness (QED) is 0.831. The molecule has 2 heteroatoms. The molecule has 0 bridgehead atoms. The van der Waals surface area contributed by atoms with Gasteiger partial charge in [-0.15, -0.1) is 0 Å². The molecule has 21 heavy (non-hydrogen) atoms. The largest absolute Gasteiger partial charge is 0.295 e. The van der Waals surface area contributed by atoms with Crippen LogP contribution in [-0.2, 0) is 6.54 Å². The highest BCUT2D eigenvalue weighted by molar-refractivity contribution is 5.14. The third kappa shape index (κ3) is 3.49.